The summed E-state index contributed by atoms with van der Waals surface area (Å²) in [5, 5.41) is 0. The SMILES string of the molecule is CC(C)[C@H]1CCN(Cc2ccccc2)[C@@H](Cc2ccccc2)[C@H]1N=Cc1ccccc1. The molecular formula is C29H34N2. The molecule has 0 N–H and O–H groups in total. The third-order valence-electron chi connectivity index (χ3n) is 6.62. The summed E-state index contributed by atoms with van der Waals surface area (Å²) in [6.45, 7) is 6.84. The quantitative estimate of drug-likeness (QED) is 0.420. The van der Waals surface area contributed by atoms with Crippen molar-refractivity contribution in [1.82, 2.24) is 4.90 Å². The van der Waals surface area contributed by atoms with Gasteiger partial charge in [-0.25, -0.2) is 0 Å². The Balaban J connectivity index is 1.66. The number of rotatable bonds is 7. The summed E-state index contributed by atoms with van der Waals surface area (Å²) in [5.74, 6) is 1.22. The third-order valence-corrected chi connectivity index (χ3v) is 6.62. The van der Waals surface area contributed by atoms with E-state index in [4.69, 9.17) is 4.99 Å². The number of piperidine rings is 1. The van der Waals surface area contributed by atoms with Gasteiger partial charge < -0.3 is 0 Å². The Morgan fingerprint density at radius 3 is 2.03 bits per heavy atom. The Bertz CT molecular complexity index is 934. The van der Waals surface area contributed by atoms with Crippen LogP contribution in [0.3, 0.4) is 0 Å². The molecule has 2 heteroatoms. The first-order valence-corrected chi connectivity index (χ1v) is 11.6. The molecule has 31 heavy (non-hydrogen) atoms. The highest BCUT2D eigenvalue weighted by Gasteiger charge is 2.38. The minimum Gasteiger partial charge on any atom is -0.294 e. The van der Waals surface area contributed by atoms with Crippen LogP contribution in [-0.4, -0.2) is 29.7 Å². The van der Waals surface area contributed by atoms with Crippen molar-refractivity contribution < 1.29 is 0 Å². The summed E-state index contributed by atoms with van der Waals surface area (Å²) in [5.41, 5.74) is 3.97. The van der Waals surface area contributed by atoms with Gasteiger partial charge in [-0.05, 0) is 47.9 Å². The van der Waals surface area contributed by atoms with Crippen LogP contribution in [0.1, 0.15) is 37.0 Å². The van der Waals surface area contributed by atoms with Gasteiger partial charge in [0.15, 0.2) is 0 Å². The van der Waals surface area contributed by atoms with Gasteiger partial charge in [0.2, 0.25) is 0 Å². The fourth-order valence-corrected chi connectivity index (χ4v) is 4.92. The Kier molecular flexibility index (Phi) is 7.32. The van der Waals surface area contributed by atoms with E-state index in [-0.39, 0.29) is 6.04 Å². The largest absolute Gasteiger partial charge is 0.294 e. The lowest BCUT2D eigenvalue weighted by atomic mass is 9.77. The molecule has 0 unspecified atom stereocenters. The van der Waals surface area contributed by atoms with Crippen LogP contribution in [0.25, 0.3) is 0 Å². The van der Waals surface area contributed by atoms with Gasteiger partial charge in [-0.3, -0.25) is 9.89 Å². The predicted octanol–water partition coefficient (Wildman–Crippen LogP) is 6.26. The van der Waals surface area contributed by atoms with Gasteiger partial charge in [0, 0.05) is 18.8 Å². The van der Waals surface area contributed by atoms with Crippen molar-refractivity contribution in [2.45, 2.75) is 45.3 Å². The maximum atomic E-state index is 5.26. The predicted molar refractivity (Wildman–Crippen MR) is 132 cm³/mol. The molecule has 1 heterocycles. The Morgan fingerprint density at radius 2 is 1.42 bits per heavy atom. The highest BCUT2D eigenvalue weighted by atomic mass is 15.2. The summed E-state index contributed by atoms with van der Waals surface area (Å²) in [4.78, 5) is 7.93. The van der Waals surface area contributed by atoms with Crippen LogP contribution in [0.4, 0.5) is 0 Å². The van der Waals surface area contributed by atoms with E-state index >= 15 is 0 Å². The van der Waals surface area contributed by atoms with E-state index < -0.39 is 0 Å². The summed E-state index contributed by atoms with van der Waals surface area (Å²) in [6.07, 6.45) is 4.34. The van der Waals surface area contributed by atoms with E-state index in [0.29, 0.717) is 17.9 Å². The van der Waals surface area contributed by atoms with Crippen molar-refractivity contribution in [1.29, 1.82) is 0 Å². The Hall–Kier alpha value is -2.71. The van der Waals surface area contributed by atoms with Crippen molar-refractivity contribution in [3.05, 3.63) is 108 Å². The monoisotopic (exact) mass is 410 g/mol. The van der Waals surface area contributed by atoms with E-state index in [2.05, 4.69) is 116 Å². The van der Waals surface area contributed by atoms with Gasteiger partial charge in [0.1, 0.15) is 0 Å². The number of hydrogen-bond acceptors (Lipinski definition) is 2. The molecule has 3 aromatic rings. The lowest BCUT2D eigenvalue weighted by molar-refractivity contribution is 0.0647. The highest BCUT2D eigenvalue weighted by Crippen LogP contribution is 2.34. The summed E-state index contributed by atoms with van der Waals surface area (Å²) >= 11 is 0. The molecule has 1 aliphatic heterocycles. The van der Waals surface area contributed by atoms with Gasteiger partial charge >= 0.3 is 0 Å². The fraction of sp³-hybridized carbons (Fsp3) is 0.345. The molecule has 0 saturated carbocycles. The average molecular weight is 411 g/mol. The van der Waals surface area contributed by atoms with Crippen molar-refractivity contribution >= 4 is 6.21 Å². The molecular weight excluding hydrogens is 376 g/mol. The van der Waals surface area contributed by atoms with E-state index in [9.17, 15) is 0 Å². The third kappa shape index (κ3) is 5.71. The first-order chi connectivity index (χ1) is 15.2. The van der Waals surface area contributed by atoms with Crippen LogP contribution in [0.5, 0.6) is 0 Å². The zero-order valence-corrected chi connectivity index (χ0v) is 18.8. The zero-order chi connectivity index (χ0) is 21.5. The fourth-order valence-electron chi connectivity index (χ4n) is 4.92. The number of hydrogen-bond donors (Lipinski definition) is 0. The van der Waals surface area contributed by atoms with Crippen LogP contribution in [0.2, 0.25) is 0 Å². The molecule has 2 nitrogen and oxygen atoms in total. The molecule has 160 valence electrons. The molecule has 1 saturated heterocycles. The van der Waals surface area contributed by atoms with E-state index in [1.54, 1.807) is 0 Å². The van der Waals surface area contributed by atoms with Crippen molar-refractivity contribution in [3.63, 3.8) is 0 Å². The van der Waals surface area contributed by atoms with E-state index in [1.165, 1.54) is 23.1 Å². The molecule has 0 aliphatic carbocycles. The summed E-state index contributed by atoms with van der Waals surface area (Å²) < 4.78 is 0. The van der Waals surface area contributed by atoms with E-state index in [0.717, 1.165) is 19.5 Å². The van der Waals surface area contributed by atoms with Crippen LogP contribution in [-0.2, 0) is 13.0 Å². The van der Waals surface area contributed by atoms with Crippen LogP contribution >= 0.6 is 0 Å². The Morgan fingerprint density at radius 1 is 0.839 bits per heavy atom. The molecule has 0 spiro atoms. The smallest absolute Gasteiger partial charge is 0.0689 e. The summed E-state index contributed by atoms with van der Waals surface area (Å²) in [7, 11) is 0. The molecule has 4 rings (SSSR count). The molecule has 1 aliphatic rings. The molecule has 1 fully saturated rings. The lowest BCUT2D eigenvalue weighted by Crippen LogP contribution is -2.53. The Labute approximate surface area is 187 Å². The minimum absolute atomic E-state index is 0.290. The van der Waals surface area contributed by atoms with Crippen molar-refractivity contribution in [3.8, 4) is 0 Å². The maximum Gasteiger partial charge on any atom is 0.0689 e. The minimum atomic E-state index is 0.290. The molecule has 3 aromatic carbocycles. The van der Waals surface area contributed by atoms with Crippen molar-refractivity contribution in [2.75, 3.05) is 6.54 Å². The van der Waals surface area contributed by atoms with Crippen molar-refractivity contribution in [2.24, 2.45) is 16.8 Å². The highest BCUT2D eigenvalue weighted by molar-refractivity contribution is 5.79. The molecule has 0 radical (unpaired) electrons. The second kappa shape index (κ2) is 10.5. The second-order valence-electron chi connectivity index (χ2n) is 9.09. The first kappa shape index (κ1) is 21.5. The normalized spacial score (nSPS) is 22.2. The van der Waals surface area contributed by atoms with Crippen LogP contribution < -0.4 is 0 Å². The zero-order valence-electron chi connectivity index (χ0n) is 18.8. The van der Waals surface area contributed by atoms with Gasteiger partial charge in [0.05, 0.1) is 6.04 Å². The number of aliphatic imine (C=N–C) groups is 1. The topological polar surface area (TPSA) is 15.6 Å². The molecule has 0 bridgehead atoms. The van der Waals surface area contributed by atoms with Gasteiger partial charge in [-0.2, -0.15) is 0 Å². The summed E-state index contributed by atoms with van der Waals surface area (Å²) in [6, 6.07) is 33.0. The molecule has 0 aromatic heterocycles. The number of benzene rings is 3. The molecule has 3 atom stereocenters. The van der Waals surface area contributed by atoms with Crippen LogP contribution in [0, 0.1) is 11.8 Å². The van der Waals surface area contributed by atoms with E-state index in [1.807, 2.05) is 0 Å². The number of likely N-dealkylation sites (tertiary alicyclic amines) is 1. The van der Waals surface area contributed by atoms with Gasteiger partial charge in [0.25, 0.3) is 0 Å². The average Bonchev–Trinajstić information content (AvgIpc) is 2.81. The van der Waals surface area contributed by atoms with Crippen LogP contribution in [0.15, 0.2) is 96.0 Å². The standard InChI is InChI=1S/C29H34N2/c1-23(2)27-18-19-31(22-26-16-10-5-11-17-26)28(20-24-12-6-3-7-13-24)29(27)30-21-25-14-8-4-9-15-25/h3-17,21,23,27-29H,18-20,22H2,1-2H3/t27-,28+,29+/m1/s1. The maximum absolute atomic E-state index is 5.26. The number of nitrogens with zero attached hydrogens (tertiary/aromatic N) is 2. The first-order valence-electron chi connectivity index (χ1n) is 11.6. The van der Waals surface area contributed by atoms with Gasteiger partial charge in [-0.15, -0.1) is 0 Å². The lowest BCUT2D eigenvalue weighted by Gasteiger charge is -2.45. The van der Waals surface area contributed by atoms with Gasteiger partial charge in [-0.1, -0.05) is 105 Å². The molecule has 0 amide bonds. The second-order valence-corrected chi connectivity index (χ2v) is 9.09.